The van der Waals surface area contributed by atoms with E-state index in [1.807, 2.05) is 18.2 Å². The molecule has 1 aliphatic rings. The van der Waals surface area contributed by atoms with E-state index in [1.54, 1.807) is 6.20 Å². The number of hydrogen-bond donors (Lipinski definition) is 2. The summed E-state index contributed by atoms with van der Waals surface area (Å²) >= 11 is 0. The third-order valence-corrected chi connectivity index (χ3v) is 4.49. The lowest BCUT2D eigenvalue weighted by Gasteiger charge is -2.25. The Hall–Kier alpha value is -1.91. The van der Waals surface area contributed by atoms with Crippen molar-refractivity contribution < 1.29 is 9.59 Å². The van der Waals surface area contributed by atoms with Gasteiger partial charge in [-0.3, -0.25) is 14.6 Å². The van der Waals surface area contributed by atoms with Crippen LogP contribution in [-0.2, 0) is 16.1 Å². The number of nitrogens with one attached hydrogen (secondary N) is 2. The Morgan fingerprint density at radius 2 is 1.96 bits per heavy atom. The summed E-state index contributed by atoms with van der Waals surface area (Å²) in [6.07, 6.45) is 7.66. The number of aromatic nitrogens is 1. The van der Waals surface area contributed by atoms with Crippen LogP contribution < -0.4 is 10.6 Å². The van der Waals surface area contributed by atoms with Crippen molar-refractivity contribution in [2.75, 3.05) is 0 Å². The van der Waals surface area contributed by atoms with E-state index >= 15 is 0 Å². The first-order chi connectivity index (χ1) is 11.6. The lowest BCUT2D eigenvalue weighted by molar-refractivity contribution is -0.132. The monoisotopic (exact) mass is 331 g/mol. The molecular formula is C19H29N3O2. The van der Waals surface area contributed by atoms with Gasteiger partial charge in [-0.05, 0) is 37.3 Å². The normalized spacial score (nSPS) is 16.6. The molecule has 5 nitrogen and oxygen atoms in total. The fourth-order valence-electron chi connectivity index (χ4n) is 3.16. The third-order valence-electron chi connectivity index (χ3n) is 4.49. The second-order valence-electron chi connectivity index (χ2n) is 7.06. The second kappa shape index (κ2) is 9.40. The number of carbonyl (C=O) groups is 2. The molecule has 132 valence electrons. The molecule has 1 heterocycles. The van der Waals surface area contributed by atoms with Crippen LogP contribution in [-0.4, -0.2) is 22.8 Å². The molecule has 24 heavy (non-hydrogen) atoms. The zero-order valence-corrected chi connectivity index (χ0v) is 14.8. The van der Waals surface area contributed by atoms with Gasteiger partial charge in [0.15, 0.2) is 0 Å². The maximum absolute atomic E-state index is 12.5. The summed E-state index contributed by atoms with van der Waals surface area (Å²) in [5, 5.41) is 5.88. The van der Waals surface area contributed by atoms with Gasteiger partial charge in [0.2, 0.25) is 11.8 Å². The quantitative estimate of drug-likeness (QED) is 0.807. The first-order valence-corrected chi connectivity index (χ1v) is 9.04. The van der Waals surface area contributed by atoms with E-state index in [2.05, 4.69) is 29.5 Å². The molecule has 0 spiro atoms. The van der Waals surface area contributed by atoms with Gasteiger partial charge < -0.3 is 10.6 Å². The number of amides is 2. The van der Waals surface area contributed by atoms with Crippen molar-refractivity contribution in [1.29, 1.82) is 0 Å². The van der Waals surface area contributed by atoms with Crippen LogP contribution in [0.2, 0.25) is 0 Å². The highest BCUT2D eigenvalue weighted by Crippen LogP contribution is 2.24. The Bertz CT molecular complexity index is 525. The van der Waals surface area contributed by atoms with Crippen LogP contribution in [0.5, 0.6) is 0 Å². The molecule has 1 aromatic rings. The standard InChI is InChI=1S/C19H29N3O2/c1-14(2)12-17(22-18(23)15-8-4-3-5-9-15)19(24)21-13-16-10-6-7-11-20-16/h6-7,10-11,14-15,17H,3-5,8-9,12-13H2,1-2H3,(H,21,24)(H,22,23)/t17-/m1/s1. The molecule has 2 rings (SSSR count). The molecule has 1 fully saturated rings. The smallest absolute Gasteiger partial charge is 0.242 e. The molecular weight excluding hydrogens is 302 g/mol. The molecule has 0 aliphatic heterocycles. The molecule has 2 N–H and O–H groups in total. The second-order valence-corrected chi connectivity index (χ2v) is 7.06. The van der Waals surface area contributed by atoms with Crippen molar-refractivity contribution in [3.8, 4) is 0 Å². The van der Waals surface area contributed by atoms with E-state index < -0.39 is 6.04 Å². The van der Waals surface area contributed by atoms with Gasteiger partial charge in [0, 0.05) is 12.1 Å². The third kappa shape index (κ3) is 5.95. The summed E-state index contributed by atoms with van der Waals surface area (Å²) in [4.78, 5) is 29.2. The maximum atomic E-state index is 12.5. The maximum Gasteiger partial charge on any atom is 0.242 e. The van der Waals surface area contributed by atoms with Crippen LogP contribution in [0.1, 0.15) is 58.1 Å². The van der Waals surface area contributed by atoms with Gasteiger partial charge >= 0.3 is 0 Å². The van der Waals surface area contributed by atoms with Crippen molar-refractivity contribution >= 4 is 11.8 Å². The summed E-state index contributed by atoms with van der Waals surface area (Å²) in [5.41, 5.74) is 0.813. The van der Waals surface area contributed by atoms with Crippen molar-refractivity contribution in [3.05, 3.63) is 30.1 Å². The molecule has 0 radical (unpaired) electrons. The first-order valence-electron chi connectivity index (χ1n) is 9.04. The van der Waals surface area contributed by atoms with Gasteiger partial charge in [0.25, 0.3) is 0 Å². The summed E-state index contributed by atoms with van der Waals surface area (Å²) in [6, 6.07) is 5.14. The van der Waals surface area contributed by atoms with Gasteiger partial charge in [-0.25, -0.2) is 0 Å². The van der Waals surface area contributed by atoms with E-state index in [4.69, 9.17) is 0 Å². The Morgan fingerprint density at radius 3 is 2.58 bits per heavy atom. The Labute approximate surface area is 144 Å². The number of rotatable bonds is 7. The topological polar surface area (TPSA) is 71.1 Å². The molecule has 1 saturated carbocycles. The highest BCUT2D eigenvalue weighted by atomic mass is 16.2. The van der Waals surface area contributed by atoms with Crippen molar-refractivity contribution in [2.24, 2.45) is 11.8 Å². The van der Waals surface area contributed by atoms with Gasteiger partial charge in [0.1, 0.15) is 6.04 Å². The average Bonchev–Trinajstić information content (AvgIpc) is 2.60. The zero-order valence-electron chi connectivity index (χ0n) is 14.8. The Balaban J connectivity index is 1.90. The number of nitrogens with zero attached hydrogens (tertiary/aromatic N) is 1. The first kappa shape index (κ1) is 18.4. The lowest BCUT2D eigenvalue weighted by Crippen LogP contribution is -2.49. The van der Waals surface area contributed by atoms with E-state index in [-0.39, 0.29) is 17.7 Å². The predicted octanol–water partition coefficient (Wildman–Crippen LogP) is 2.81. The van der Waals surface area contributed by atoms with Crippen LogP contribution in [0.25, 0.3) is 0 Å². The predicted molar refractivity (Wildman–Crippen MR) is 94.0 cm³/mol. The molecule has 5 heteroatoms. The van der Waals surface area contributed by atoms with Gasteiger partial charge in [-0.2, -0.15) is 0 Å². The fourth-order valence-corrected chi connectivity index (χ4v) is 3.16. The van der Waals surface area contributed by atoms with Crippen LogP contribution in [0.15, 0.2) is 24.4 Å². The average molecular weight is 331 g/mol. The molecule has 2 amide bonds. The van der Waals surface area contributed by atoms with Crippen LogP contribution >= 0.6 is 0 Å². The molecule has 0 saturated heterocycles. The van der Waals surface area contributed by atoms with Gasteiger partial charge in [0.05, 0.1) is 12.2 Å². The molecule has 1 atom stereocenters. The summed E-state index contributed by atoms with van der Waals surface area (Å²) in [6.45, 7) is 4.51. The minimum Gasteiger partial charge on any atom is -0.349 e. The van der Waals surface area contributed by atoms with Gasteiger partial charge in [-0.15, -0.1) is 0 Å². The van der Waals surface area contributed by atoms with Gasteiger partial charge in [-0.1, -0.05) is 39.2 Å². The summed E-state index contributed by atoms with van der Waals surface area (Å²) in [7, 11) is 0. The van der Waals surface area contributed by atoms with Crippen molar-refractivity contribution in [1.82, 2.24) is 15.6 Å². The van der Waals surface area contributed by atoms with E-state index in [0.717, 1.165) is 31.4 Å². The van der Waals surface area contributed by atoms with Crippen LogP contribution in [0.4, 0.5) is 0 Å². The molecule has 1 aliphatic carbocycles. The SMILES string of the molecule is CC(C)C[C@@H](NC(=O)C1CCCCC1)C(=O)NCc1ccccn1. The van der Waals surface area contributed by atoms with E-state index in [9.17, 15) is 9.59 Å². The Morgan fingerprint density at radius 1 is 1.21 bits per heavy atom. The fraction of sp³-hybridized carbons (Fsp3) is 0.632. The van der Waals surface area contributed by atoms with Crippen molar-refractivity contribution in [3.63, 3.8) is 0 Å². The van der Waals surface area contributed by atoms with Crippen LogP contribution in [0.3, 0.4) is 0 Å². The largest absolute Gasteiger partial charge is 0.349 e. The number of hydrogen-bond acceptors (Lipinski definition) is 3. The van der Waals surface area contributed by atoms with Crippen LogP contribution in [0, 0.1) is 11.8 Å². The van der Waals surface area contributed by atoms with E-state index in [0.29, 0.717) is 18.9 Å². The number of pyridine rings is 1. The highest BCUT2D eigenvalue weighted by molar-refractivity contribution is 5.88. The van der Waals surface area contributed by atoms with E-state index in [1.165, 1.54) is 6.42 Å². The van der Waals surface area contributed by atoms with Crippen molar-refractivity contribution in [2.45, 2.75) is 65.0 Å². The molecule has 1 aromatic heterocycles. The Kier molecular flexibility index (Phi) is 7.22. The minimum atomic E-state index is -0.469. The number of carbonyl (C=O) groups excluding carboxylic acids is 2. The molecule has 0 bridgehead atoms. The summed E-state index contributed by atoms with van der Waals surface area (Å²) < 4.78 is 0. The zero-order chi connectivity index (χ0) is 17.4. The summed E-state index contributed by atoms with van der Waals surface area (Å²) in [5.74, 6) is 0.311. The molecule has 0 aromatic carbocycles. The molecule has 0 unspecified atom stereocenters. The lowest BCUT2D eigenvalue weighted by atomic mass is 9.88. The highest BCUT2D eigenvalue weighted by Gasteiger charge is 2.27. The minimum absolute atomic E-state index is 0.0355.